The molecule has 2 aliphatic heterocycles. The number of hydrogen-bond donors (Lipinski definition) is 2. The van der Waals surface area contributed by atoms with Crippen LogP contribution in [0.2, 0.25) is 0 Å². The summed E-state index contributed by atoms with van der Waals surface area (Å²) in [6.07, 6.45) is 0.890. The molecule has 34 heavy (non-hydrogen) atoms. The lowest BCUT2D eigenvalue weighted by Gasteiger charge is -2.35. The topological polar surface area (TPSA) is 83.4 Å². The summed E-state index contributed by atoms with van der Waals surface area (Å²) < 4.78 is 5.41. The average Bonchev–Trinajstić information content (AvgIpc) is 2.77. The molecule has 3 rings (SSSR count). The molecule has 1 aromatic rings. The van der Waals surface area contributed by atoms with E-state index >= 15 is 0 Å². The van der Waals surface area contributed by atoms with E-state index in [1.54, 1.807) is 9.80 Å². The molecule has 8 heteroatoms. The number of nitrogens with zero attached hydrogens (tertiary/aromatic N) is 2. The zero-order valence-corrected chi connectivity index (χ0v) is 21.6. The van der Waals surface area contributed by atoms with Crippen LogP contribution in [0.1, 0.15) is 59.9 Å². The minimum atomic E-state index is -0.547. The van der Waals surface area contributed by atoms with Crippen LogP contribution in [0.3, 0.4) is 0 Å². The molecule has 2 aliphatic rings. The van der Waals surface area contributed by atoms with Crippen molar-refractivity contribution in [3.05, 3.63) is 29.8 Å². The van der Waals surface area contributed by atoms with Gasteiger partial charge in [0.15, 0.2) is 0 Å². The van der Waals surface area contributed by atoms with E-state index in [1.165, 1.54) is 16.2 Å². The van der Waals surface area contributed by atoms with E-state index in [1.807, 2.05) is 20.8 Å². The first-order valence-corrected chi connectivity index (χ1v) is 12.4. The van der Waals surface area contributed by atoms with E-state index in [0.717, 1.165) is 13.1 Å². The van der Waals surface area contributed by atoms with Gasteiger partial charge in [-0.15, -0.1) is 0 Å². The summed E-state index contributed by atoms with van der Waals surface area (Å²) in [5.74, 6) is -1.01. The number of likely N-dealkylation sites (tertiary alicyclic amines) is 1. The van der Waals surface area contributed by atoms with Crippen LogP contribution >= 0.6 is 0 Å². The molecule has 2 saturated heterocycles. The highest BCUT2D eigenvalue weighted by Gasteiger charge is 2.33. The number of para-hydroxylation sites is 1. The van der Waals surface area contributed by atoms with Crippen molar-refractivity contribution < 1.29 is 24.0 Å². The van der Waals surface area contributed by atoms with E-state index in [4.69, 9.17) is 4.74 Å². The SMILES string of the molecule is CC(C)(C)OC(=O)N1CCC(NC(=O)C(=O)N2CC[NH+](c3ccccc3C(C)(C)C)CC2)CC1. The molecule has 0 aromatic heterocycles. The highest BCUT2D eigenvalue weighted by molar-refractivity contribution is 6.35. The molecule has 0 radical (unpaired) electrons. The fourth-order valence-electron chi connectivity index (χ4n) is 4.62. The predicted molar refractivity (Wildman–Crippen MR) is 131 cm³/mol. The molecule has 2 heterocycles. The van der Waals surface area contributed by atoms with Gasteiger partial charge in [-0.05, 0) is 45.1 Å². The first-order valence-electron chi connectivity index (χ1n) is 12.4. The fraction of sp³-hybridized carbons (Fsp3) is 0.654. The smallest absolute Gasteiger partial charge is 0.410 e. The molecule has 0 saturated carbocycles. The van der Waals surface area contributed by atoms with Crippen molar-refractivity contribution in [2.45, 2.75) is 71.4 Å². The van der Waals surface area contributed by atoms with Crippen molar-refractivity contribution in [3.63, 3.8) is 0 Å². The number of nitrogens with one attached hydrogen (secondary N) is 2. The Labute approximate surface area is 203 Å². The zero-order valence-electron chi connectivity index (χ0n) is 21.6. The van der Waals surface area contributed by atoms with E-state index in [9.17, 15) is 14.4 Å². The molecular formula is C26H41N4O4+. The lowest BCUT2D eigenvalue weighted by molar-refractivity contribution is -0.837. The van der Waals surface area contributed by atoms with Gasteiger partial charge in [-0.2, -0.15) is 0 Å². The average molecular weight is 474 g/mol. The first-order chi connectivity index (χ1) is 15.8. The summed E-state index contributed by atoms with van der Waals surface area (Å²) in [4.78, 5) is 42.3. The second kappa shape index (κ2) is 10.3. The number of amides is 3. The monoisotopic (exact) mass is 473 g/mol. The molecule has 0 atom stereocenters. The normalized spacial score (nSPS) is 18.5. The number of carbonyl (C=O) groups excluding carboxylic acids is 3. The van der Waals surface area contributed by atoms with Crippen molar-refractivity contribution in [1.82, 2.24) is 15.1 Å². The Morgan fingerprint density at radius 1 is 0.912 bits per heavy atom. The van der Waals surface area contributed by atoms with Gasteiger partial charge in [-0.1, -0.05) is 39.0 Å². The van der Waals surface area contributed by atoms with E-state index < -0.39 is 17.4 Å². The van der Waals surface area contributed by atoms with E-state index in [0.29, 0.717) is 39.0 Å². The number of carbonyl (C=O) groups is 3. The number of ether oxygens (including phenoxy) is 1. The Bertz CT molecular complexity index is 887. The van der Waals surface area contributed by atoms with Crippen LogP contribution in [0.4, 0.5) is 10.5 Å². The summed E-state index contributed by atoms with van der Waals surface area (Å²) in [6, 6.07) is 8.38. The molecule has 3 amide bonds. The number of piperidine rings is 1. The lowest BCUT2D eigenvalue weighted by atomic mass is 9.85. The molecule has 8 nitrogen and oxygen atoms in total. The summed E-state index contributed by atoms with van der Waals surface area (Å²) >= 11 is 0. The first kappa shape index (κ1) is 26.0. The standard InChI is InChI=1S/C26H40N4O4/c1-25(2,3)20-9-7-8-10-21(20)28-15-17-29(18-16-28)23(32)22(31)27-19-11-13-30(14-12-19)24(33)34-26(4,5)6/h7-10,19H,11-18H2,1-6H3,(H,27,31)/p+1. The second-order valence-corrected chi connectivity index (χ2v) is 11.4. The van der Waals surface area contributed by atoms with Crippen LogP contribution in [0.25, 0.3) is 0 Å². The third-order valence-corrected chi connectivity index (χ3v) is 6.45. The molecule has 0 unspecified atom stereocenters. The minimum absolute atomic E-state index is 0.0511. The Morgan fingerprint density at radius 3 is 2.06 bits per heavy atom. The van der Waals surface area contributed by atoms with Gasteiger partial charge in [0.1, 0.15) is 11.3 Å². The highest BCUT2D eigenvalue weighted by Crippen LogP contribution is 2.27. The van der Waals surface area contributed by atoms with Crippen LogP contribution in [-0.4, -0.2) is 78.6 Å². The summed E-state index contributed by atoms with van der Waals surface area (Å²) in [5, 5.41) is 2.88. The molecule has 0 spiro atoms. The molecule has 2 N–H and O–H groups in total. The van der Waals surface area contributed by atoms with Gasteiger partial charge < -0.3 is 19.9 Å². The van der Waals surface area contributed by atoms with Crippen LogP contribution in [0.15, 0.2) is 24.3 Å². The maximum absolute atomic E-state index is 12.8. The van der Waals surface area contributed by atoms with Gasteiger partial charge in [0.2, 0.25) is 0 Å². The second-order valence-electron chi connectivity index (χ2n) is 11.4. The Balaban J connectivity index is 1.47. The molecular weight excluding hydrogens is 432 g/mol. The minimum Gasteiger partial charge on any atom is -0.444 e. The van der Waals surface area contributed by atoms with Crippen molar-refractivity contribution in [3.8, 4) is 0 Å². The predicted octanol–water partition coefficient (Wildman–Crippen LogP) is 1.86. The van der Waals surface area contributed by atoms with Gasteiger partial charge >= 0.3 is 17.9 Å². The summed E-state index contributed by atoms with van der Waals surface area (Å²) in [7, 11) is 0. The number of rotatable bonds is 2. The van der Waals surface area contributed by atoms with Crippen LogP contribution in [0, 0.1) is 0 Å². The van der Waals surface area contributed by atoms with E-state index in [2.05, 4.69) is 50.4 Å². The quantitative estimate of drug-likeness (QED) is 0.643. The molecule has 0 aliphatic carbocycles. The third-order valence-electron chi connectivity index (χ3n) is 6.45. The highest BCUT2D eigenvalue weighted by atomic mass is 16.6. The molecule has 0 bridgehead atoms. The number of quaternary nitrogens is 1. The Morgan fingerprint density at radius 2 is 1.50 bits per heavy atom. The Kier molecular flexibility index (Phi) is 7.91. The van der Waals surface area contributed by atoms with Crippen molar-refractivity contribution >= 4 is 23.6 Å². The molecule has 1 aromatic carbocycles. The largest absolute Gasteiger partial charge is 0.444 e. The van der Waals surface area contributed by atoms with Gasteiger partial charge in [0.05, 0.1) is 26.2 Å². The van der Waals surface area contributed by atoms with Crippen molar-refractivity contribution in [1.29, 1.82) is 0 Å². The number of hydrogen-bond acceptors (Lipinski definition) is 4. The van der Waals surface area contributed by atoms with Crippen LogP contribution in [-0.2, 0) is 19.7 Å². The van der Waals surface area contributed by atoms with Gasteiger partial charge in [-0.25, -0.2) is 4.79 Å². The van der Waals surface area contributed by atoms with Gasteiger partial charge in [0.25, 0.3) is 0 Å². The maximum atomic E-state index is 12.8. The van der Waals surface area contributed by atoms with Crippen LogP contribution < -0.4 is 10.2 Å². The number of piperazine rings is 1. The van der Waals surface area contributed by atoms with Crippen LogP contribution in [0.5, 0.6) is 0 Å². The van der Waals surface area contributed by atoms with E-state index in [-0.39, 0.29) is 17.6 Å². The summed E-state index contributed by atoms with van der Waals surface area (Å²) in [5.41, 5.74) is 2.12. The maximum Gasteiger partial charge on any atom is 0.410 e. The fourth-order valence-corrected chi connectivity index (χ4v) is 4.62. The number of benzene rings is 1. The Hall–Kier alpha value is -2.61. The third kappa shape index (κ3) is 6.72. The van der Waals surface area contributed by atoms with Gasteiger partial charge in [-0.3, -0.25) is 14.5 Å². The summed E-state index contributed by atoms with van der Waals surface area (Å²) in [6.45, 7) is 15.8. The zero-order chi connectivity index (χ0) is 25.1. The van der Waals surface area contributed by atoms with Crippen molar-refractivity contribution in [2.75, 3.05) is 39.3 Å². The molecule has 188 valence electrons. The van der Waals surface area contributed by atoms with Crippen molar-refractivity contribution in [2.24, 2.45) is 0 Å². The lowest BCUT2D eigenvalue weighted by Crippen LogP contribution is -3.10. The van der Waals surface area contributed by atoms with Gasteiger partial charge in [0, 0.05) is 24.7 Å². The molecule has 2 fully saturated rings.